The van der Waals surface area contributed by atoms with Crippen molar-refractivity contribution in [1.82, 2.24) is 9.80 Å². The number of aryl methyl sites for hydroxylation is 1. The second-order valence-corrected chi connectivity index (χ2v) is 7.89. The molecule has 0 atom stereocenters. The van der Waals surface area contributed by atoms with Crippen LogP contribution in [-0.2, 0) is 22.5 Å². The van der Waals surface area contributed by atoms with Crippen molar-refractivity contribution in [3.05, 3.63) is 34.9 Å². The van der Waals surface area contributed by atoms with Gasteiger partial charge < -0.3 is 14.5 Å². The first-order chi connectivity index (χ1) is 13.5. The Bertz CT molecular complexity index is 738. The molecule has 0 saturated carbocycles. The van der Waals surface area contributed by atoms with Crippen LogP contribution in [0.2, 0.25) is 0 Å². The highest BCUT2D eigenvalue weighted by molar-refractivity contribution is 5.96. The van der Waals surface area contributed by atoms with Crippen LogP contribution in [0.25, 0.3) is 0 Å². The minimum Gasteiger partial charge on any atom is -0.453 e. The summed E-state index contributed by atoms with van der Waals surface area (Å²) in [7, 11) is 1.41. The van der Waals surface area contributed by atoms with E-state index in [4.69, 9.17) is 4.74 Å². The molecule has 28 heavy (non-hydrogen) atoms. The van der Waals surface area contributed by atoms with Crippen LogP contribution >= 0.6 is 0 Å². The quantitative estimate of drug-likeness (QED) is 0.744. The molecular formula is C22H30N2O4. The number of nitrogens with zero attached hydrogens (tertiary/aromatic N) is 2. The fourth-order valence-electron chi connectivity index (χ4n) is 4.22. The van der Waals surface area contributed by atoms with Crippen LogP contribution in [0.1, 0.15) is 60.5 Å². The minimum atomic E-state index is -0.265. The number of hydrogen-bond acceptors (Lipinski definition) is 4. The van der Waals surface area contributed by atoms with Gasteiger partial charge in [-0.15, -0.1) is 0 Å². The summed E-state index contributed by atoms with van der Waals surface area (Å²) < 4.78 is 4.77. The van der Waals surface area contributed by atoms with Crippen LogP contribution in [0.4, 0.5) is 4.79 Å². The zero-order valence-corrected chi connectivity index (χ0v) is 16.9. The number of piperidine rings is 1. The number of rotatable bonds is 4. The molecule has 2 aliphatic heterocycles. The second-order valence-electron chi connectivity index (χ2n) is 7.89. The molecule has 2 amide bonds. The lowest BCUT2D eigenvalue weighted by molar-refractivity contribution is -0.129. The zero-order chi connectivity index (χ0) is 20.1. The first-order valence-electron chi connectivity index (χ1n) is 10.2. The predicted molar refractivity (Wildman–Crippen MR) is 106 cm³/mol. The fraction of sp³-hybridized carbons (Fsp3) is 0.591. The minimum absolute atomic E-state index is 0.0860. The number of ether oxygens (including phenoxy) is 1. The van der Waals surface area contributed by atoms with E-state index in [0.717, 1.165) is 49.8 Å². The Morgan fingerprint density at radius 1 is 1.07 bits per heavy atom. The van der Waals surface area contributed by atoms with Gasteiger partial charge in [0.1, 0.15) is 0 Å². The normalized spacial score (nSPS) is 17.6. The monoisotopic (exact) mass is 386 g/mol. The highest BCUT2D eigenvalue weighted by Gasteiger charge is 2.24. The van der Waals surface area contributed by atoms with Crippen molar-refractivity contribution in [2.75, 3.05) is 26.7 Å². The molecule has 1 aromatic rings. The Kier molecular flexibility index (Phi) is 6.70. The van der Waals surface area contributed by atoms with Crippen LogP contribution in [0.5, 0.6) is 0 Å². The smallest absolute Gasteiger partial charge is 0.409 e. The van der Waals surface area contributed by atoms with Crippen molar-refractivity contribution >= 4 is 17.8 Å². The molecule has 0 N–H and O–H groups in total. The number of amides is 2. The highest BCUT2D eigenvalue weighted by atomic mass is 16.5. The molecule has 6 nitrogen and oxygen atoms in total. The summed E-state index contributed by atoms with van der Waals surface area (Å²) in [6.45, 7) is 4.37. The Balaban J connectivity index is 1.55. The van der Waals surface area contributed by atoms with E-state index in [1.165, 1.54) is 12.7 Å². The van der Waals surface area contributed by atoms with E-state index in [1.54, 1.807) is 11.8 Å². The van der Waals surface area contributed by atoms with Gasteiger partial charge in [0, 0.05) is 45.1 Å². The third kappa shape index (κ3) is 4.91. The van der Waals surface area contributed by atoms with Crippen LogP contribution in [0.15, 0.2) is 18.2 Å². The number of ketones is 1. The van der Waals surface area contributed by atoms with Gasteiger partial charge in [-0.05, 0) is 55.2 Å². The molecule has 0 aliphatic carbocycles. The number of Topliss-reactive ketones (excluding diaryl/α,β-unsaturated/α-hetero) is 1. The summed E-state index contributed by atoms with van der Waals surface area (Å²) in [4.78, 5) is 39.6. The molecular weight excluding hydrogens is 356 g/mol. The molecule has 0 unspecified atom stereocenters. The maximum absolute atomic E-state index is 12.7. The Morgan fingerprint density at radius 2 is 1.82 bits per heavy atom. The van der Waals surface area contributed by atoms with E-state index < -0.39 is 0 Å². The van der Waals surface area contributed by atoms with Crippen molar-refractivity contribution in [3.63, 3.8) is 0 Å². The van der Waals surface area contributed by atoms with Crippen molar-refractivity contribution in [1.29, 1.82) is 0 Å². The lowest BCUT2D eigenvalue weighted by Gasteiger charge is -2.30. The molecule has 2 aliphatic rings. The molecule has 0 spiro atoms. The number of likely N-dealkylation sites (tertiary alicyclic amines) is 1. The summed E-state index contributed by atoms with van der Waals surface area (Å²) >= 11 is 0. The summed E-state index contributed by atoms with van der Waals surface area (Å²) in [5.41, 5.74) is 3.09. The maximum Gasteiger partial charge on any atom is 0.409 e. The van der Waals surface area contributed by atoms with Gasteiger partial charge >= 0.3 is 6.09 Å². The van der Waals surface area contributed by atoms with E-state index in [2.05, 4.69) is 6.07 Å². The number of hydrogen-bond donors (Lipinski definition) is 0. The number of fused-ring (bicyclic) bond motifs is 1. The van der Waals surface area contributed by atoms with Gasteiger partial charge in [-0.3, -0.25) is 9.59 Å². The molecule has 0 radical (unpaired) electrons. The van der Waals surface area contributed by atoms with Gasteiger partial charge in [-0.1, -0.05) is 12.1 Å². The van der Waals surface area contributed by atoms with Crippen molar-refractivity contribution in [3.8, 4) is 0 Å². The van der Waals surface area contributed by atoms with Crippen LogP contribution < -0.4 is 0 Å². The third-order valence-corrected chi connectivity index (χ3v) is 6.04. The lowest BCUT2D eigenvalue weighted by atomic mass is 9.90. The van der Waals surface area contributed by atoms with Crippen LogP contribution in [-0.4, -0.2) is 54.3 Å². The molecule has 152 valence electrons. The van der Waals surface area contributed by atoms with E-state index >= 15 is 0 Å². The third-order valence-electron chi connectivity index (χ3n) is 6.04. The van der Waals surface area contributed by atoms with E-state index in [0.29, 0.717) is 32.0 Å². The number of carbonyl (C=O) groups excluding carboxylic acids is 3. The zero-order valence-electron chi connectivity index (χ0n) is 16.9. The van der Waals surface area contributed by atoms with Gasteiger partial charge in [0.2, 0.25) is 5.91 Å². The largest absolute Gasteiger partial charge is 0.453 e. The average molecular weight is 386 g/mol. The summed E-state index contributed by atoms with van der Waals surface area (Å²) in [6, 6.07) is 5.98. The summed E-state index contributed by atoms with van der Waals surface area (Å²) in [6.07, 6.45) is 4.86. The Labute approximate surface area is 166 Å². The summed E-state index contributed by atoms with van der Waals surface area (Å²) in [5.74, 6) is 0.721. The van der Waals surface area contributed by atoms with Gasteiger partial charge in [0.05, 0.1) is 7.11 Å². The first-order valence-corrected chi connectivity index (χ1v) is 10.2. The van der Waals surface area contributed by atoms with Crippen LogP contribution in [0.3, 0.4) is 0 Å². The van der Waals surface area contributed by atoms with Gasteiger partial charge in [-0.2, -0.15) is 0 Å². The molecule has 1 saturated heterocycles. The van der Waals surface area contributed by atoms with Crippen molar-refractivity contribution in [2.45, 2.75) is 52.0 Å². The molecule has 3 rings (SSSR count). The van der Waals surface area contributed by atoms with E-state index in [9.17, 15) is 14.4 Å². The Hall–Kier alpha value is -2.37. The average Bonchev–Trinajstić information content (AvgIpc) is 2.93. The molecule has 0 bridgehead atoms. The maximum atomic E-state index is 12.7. The van der Waals surface area contributed by atoms with Gasteiger partial charge in [0.15, 0.2) is 5.78 Å². The van der Waals surface area contributed by atoms with E-state index in [-0.39, 0.29) is 17.8 Å². The molecule has 6 heteroatoms. The molecule has 2 heterocycles. The van der Waals surface area contributed by atoms with E-state index in [1.807, 2.05) is 17.0 Å². The molecule has 0 aromatic heterocycles. The van der Waals surface area contributed by atoms with Crippen LogP contribution in [0, 0.1) is 5.92 Å². The van der Waals surface area contributed by atoms with Crippen molar-refractivity contribution in [2.24, 2.45) is 5.92 Å². The lowest BCUT2D eigenvalue weighted by Crippen LogP contribution is -2.38. The SMILES string of the molecule is COC(=O)N1CCC(CCC(=O)c2ccc3c(c2)CN(C(C)=O)CCC3)CC1. The Morgan fingerprint density at radius 3 is 2.50 bits per heavy atom. The number of methoxy groups -OCH3 is 1. The topological polar surface area (TPSA) is 66.9 Å². The standard InChI is InChI=1S/C22H30N2O4/c1-16(25)24-11-3-4-18-6-7-19(14-20(18)15-24)21(26)8-5-17-9-12-23(13-10-17)22(27)28-2/h6-7,14,17H,3-5,8-13,15H2,1-2H3. The molecule has 1 fully saturated rings. The second kappa shape index (κ2) is 9.22. The molecule has 1 aromatic carbocycles. The first kappa shape index (κ1) is 20.4. The predicted octanol–water partition coefficient (Wildman–Crippen LogP) is 3.42. The highest BCUT2D eigenvalue weighted by Crippen LogP contribution is 2.25. The van der Waals surface area contributed by atoms with Crippen molar-refractivity contribution < 1.29 is 19.1 Å². The summed E-state index contributed by atoms with van der Waals surface area (Å²) in [5, 5.41) is 0. The fourth-order valence-corrected chi connectivity index (χ4v) is 4.22. The van der Waals surface area contributed by atoms with Gasteiger partial charge in [-0.25, -0.2) is 4.79 Å². The van der Waals surface area contributed by atoms with Gasteiger partial charge in [0.25, 0.3) is 0 Å². The number of carbonyl (C=O) groups is 3. The number of benzene rings is 1.